The number of amides is 3. The zero-order valence-corrected chi connectivity index (χ0v) is 16.1. The van der Waals surface area contributed by atoms with E-state index in [2.05, 4.69) is 5.32 Å². The summed E-state index contributed by atoms with van der Waals surface area (Å²) in [5.41, 5.74) is 0.983. The summed E-state index contributed by atoms with van der Waals surface area (Å²) in [6.45, 7) is 2.28. The first-order valence-corrected chi connectivity index (χ1v) is 8.83. The molecule has 1 aliphatic rings. The maximum atomic E-state index is 12.7. The Labute approximate surface area is 166 Å². The minimum absolute atomic E-state index is 0.0921. The van der Waals surface area contributed by atoms with Gasteiger partial charge in [0.2, 0.25) is 0 Å². The molecule has 0 radical (unpaired) electrons. The molecule has 0 aliphatic carbocycles. The van der Waals surface area contributed by atoms with Gasteiger partial charge in [-0.3, -0.25) is 4.79 Å². The minimum atomic E-state index is -0.566. The quantitative estimate of drug-likeness (QED) is 0.586. The lowest BCUT2D eigenvalue weighted by atomic mass is 10.1. The van der Waals surface area contributed by atoms with Gasteiger partial charge in [0.25, 0.3) is 5.91 Å². The molecule has 27 heavy (non-hydrogen) atoms. The second-order valence-corrected chi connectivity index (χ2v) is 6.41. The normalized spacial score (nSPS) is 15.3. The summed E-state index contributed by atoms with van der Waals surface area (Å²) >= 11 is 12.2. The molecule has 1 aliphatic heterocycles. The van der Waals surface area contributed by atoms with Crippen LogP contribution < -0.4 is 19.7 Å². The van der Waals surface area contributed by atoms with Crippen LogP contribution in [0.1, 0.15) is 12.5 Å². The monoisotopic (exact) mass is 406 g/mol. The van der Waals surface area contributed by atoms with Crippen LogP contribution in [0.2, 0.25) is 10.0 Å². The van der Waals surface area contributed by atoms with Crippen molar-refractivity contribution in [2.24, 2.45) is 0 Å². The van der Waals surface area contributed by atoms with Crippen molar-refractivity contribution in [3.8, 4) is 11.5 Å². The Morgan fingerprint density at radius 1 is 1.15 bits per heavy atom. The Morgan fingerprint density at radius 2 is 1.93 bits per heavy atom. The van der Waals surface area contributed by atoms with E-state index in [-0.39, 0.29) is 5.70 Å². The highest BCUT2D eigenvalue weighted by Gasteiger charge is 2.35. The molecule has 0 unspecified atom stereocenters. The highest BCUT2D eigenvalue weighted by molar-refractivity contribution is 6.34. The number of urea groups is 1. The number of nitrogens with zero attached hydrogens (tertiary/aromatic N) is 1. The maximum absolute atomic E-state index is 12.7. The summed E-state index contributed by atoms with van der Waals surface area (Å²) < 4.78 is 10.8. The standard InChI is InChI=1S/C19H16Cl2N2O4/c1-3-27-17-8-11(14(21)10-16(17)26-2)7-15-18(24)23(19(25)22-15)13-6-4-5-12(20)9-13/h4-10H,3H2,1-2H3,(H,22,25)/b15-7+. The van der Waals surface area contributed by atoms with E-state index in [1.165, 1.54) is 19.3 Å². The summed E-state index contributed by atoms with van der Waals surface area (Å²) in [6, 6.07) is 9.16. The third-order valence-corrected chi connectivity index (χ3v) is 4.39. The van der Waals surface area contributed by atoms with E-state index in [0.29, 0.717) is 39.4 Å². The smallest absolute Gasteiger partial charge is 0.333 e. The molecule has 0 atom stereocenters. The van der Waals surface area contributed by atoms with Crippen LogP contribution >= 0.6 is 23.2 Å². The molecule has 6 nitrogen and oxygen atoms in total. The van der Waals surface area contributed by atoms with Crippen molar-refractivity contribution in [2.45, 2.75) is 6.92 Å². The van der Waals surface area contributed by atoms with Crippen molar-refractivity contribution in [1.29, 1.82) is 0 Å². The van der Waals surface area contributed by atoms with Crippen molar-refractivity contribution in [3.05, 3.63) is 57.7 Å². The number of rotatable bonds is 5. The average molecular weight is 407 g/mol. The molecule has 1 fully saturated rings. The van der Waals surface area contributed by atoms with Crippen LogP contribution in [0.25, 0.3) is 6.08 Å². The molecule has 0 spiro atoms. The van der Waals surface area contributed by atoms with Gasteiger partial charge >= 0.3 is 6.03 Å². The van der Waals surface area contributed by atoms with Gasteiger partial charge in [-0.05, 0) is 42.8 Å². The van der Waals surface area contributed by atoms with Crippen molar-refractivity contribution in [3.63, 3.8) is 0 Å². The highest BCUT2D eigenvalue weighted by atomic mass is 35.5. The molecule has 140 valence electrons. The molecule has 2 aromatic rings. The van der Waals surface area contributed by atoms with Crippen LogP contribution in [0.4, 0.5) is 10.5 Å². The second-order valence-electron chi connectivity index (χ2n) is 5.57. The van der Waals surface area contributed by atoms with E-state index in [9.17, 15) is 9.59 Å². The molecule has 0 aromatic heterocycles. The topological polar surface area (TPSA) is 67.9 Å². The fraction of sp³-hybridized carbons (Fsp3) is 0.158. The highest BCUT2D eigenvalue weighted by Crippen LogP contribution is 2.35. The number of hydrogen-bond donors (Lipinski definition) is 1. The molecular weight excluding hydrogens is 391 g/mol. The first-order chi connectivity index (χ1) is 12.9. The zero-order chi connectivity index (χ0) is 19.6. The predicted octanol–water partition coefficient (Wildman–Crippen LogP) is 4.50. The fourth-order valence-electron chi connectivity index (χ4n) is 2.63. The molecule has 8 heteroatoms. The van der Waals surface area contributed by atoms with Crippen LogP contribution in [-0.2, 0) is 4.79 Å². The molecule has 0 saturated carbocycles. The Balaban J connectivity index is 1.97. The summed E-state index contributed by atoms with van der Waals surface area (Å²) in [4.78, 5) is 26.0. The van der Waals surface area contributed by atoms with Crippen LogP contribution in [0, 0.1) is 0 Å². The number of halogens is 2. The summed E-state index contributed by atoms with van der Waals surface area (Å²) in [6.07, 6.45) is 1.50. The van der Waals surface area contributed by atoms with Crippen LogP contribution in [0.5, 0.6) is 11.5 Å². The summed E-state index contributed by atoms with van der Waals surface area (Å²) in [7, 11) is 1.51. The number of carbonyl (C=O) groups is 2. The van der Waals surface area contributed by atoms with Gasteiger partial charge < -0.3 is 14.8 Å². The van der Waals surface area contributed by atoms with E-state index in [0.717, 1.165) is 4.90 Å². The van der Waals surface area contributed by atoms with Crippen LogP contribution in [0.15, 0.2) is 42.1 Å². The van der Waals surface area contributed by atoms with Gasteiger partial charge in [0.05, 0.1) is 24.4 Å². The second kappa shape index (κ2) is 7.90. The number of hydrogen-bond acceptors (Lipinski definition) is 4. The van der Waals surface area contributed by atoms with Crippen LogP contribution in [0.3, 0.4) is 0 Å². The van der Waals surface area contributed by atoms with Gasteiger partial charge in [-0.1, -0.05) is 29.3 Å². The SMILES string of the molecule is CCOc1cc(/C=C2/NC(=O)N(c3cccc(Cl)c3)C2=O)c(Cl)cc1OC. The first-order valence-electron chi connectivity index (χ1n) is 8.07. The van der Waals surface area contributed by atoms with Gasteiger partial charge in [-0.25, -0.2) is 9.69 Å². The lowest BCUT2D eigenvalue weighted by molar-refractivity contribution is -0.113. The van der Waals surface area contributed by atoms with Gasteiger partial charge in [0.15, 0.2) is 11.5 Å². The number of methoxy groups -OCH3 is 1. The Morgan fingerprint density at radius 3 is 2.59 bits per heavy atom. The molecule has 3 rings (SSSR count). The number of imide groups is 1. The molecule has 1 saturated heterocycles. The largest absolute Gasteiger partial charge is 0.493 e. The Hall–Kier alpha value is -2.70. The van der Waals surface area contributed by atoms with Gasteiger partial charge in [0, 0.05) is 11.1 Å². The number of carbonyl (C=O) groups excluding carboxylic acids is 2. The molecule has 1 heterocycles. The van der Waals surface area contributed by atoms with Crippen molar-refractivity contribution >= 4 is 46.9 Å². The van der Waals surface area contributed by atoms with Crippen molar-refractivity contribution in [1.82, 2.24) is 5.32 Å². The zero-order valence-electron chi connectivity index (χ0n) is 14.6. The minimum Gasteiger partial charge on any atom is -0.493 e. The lowest BCUT2D eigenvalue weighted by Crippen LogP contribution is -2.30. The molecule has 0 bridgehead atoms. The maximum Gasteiger partial charge on any atom is 0.333 e. The Kier molecular flexibility index (Phi) is 5.58. The molecule has 3 amide bonds. The summed E-state index contributed by atoms with van der Waals surface area (Å²) in [5.74, 6) is 0.457. The number of anilines is 1. The van der Waals surface area contributed by atoms with E-state index in [1.807, 2.05) is 6.92 Å². The molecule has 2 aromatic carbocycles. The van der Waals surface area contributed by atoms with Crippen molar-refractivity contribution in [2.75, 3.05) is 18.6 Å². The van der Waals surface area contributed by atoms with Gasteiger partial charge in [-0.2, -0.15) is 0 Å². The van der Waals surface area contributed by atoms with Crippen LogP contribution in [-0.4, -0.2) is 25.7 Å². The predicted molar refractivity (Wildman–Crippen MR) is 105 cm³/mol. The summed E-state index contributed by atoms with van der Waals surface area (Å²) in [5, 5.41) is 3.33. The van der Waals surface area contributed by atoms with E-state index in [4.69, 9.17) is 32.7 Å². The lowest BCUT2D eigenvalue weighted by Gasteiger charge is -2.12. The van der Waals surface area contributed by atoms with Gasteiger partial charge in [0.1, 0.15) is 5.70 Å². The fourth-order valence-corrected chi connectivity index (χ4v) is 3.02. The number of ether oxygens (including phenoxy) is 2. The average Bonchev–Trinajstić information content (AvgIpc) is 2.91. The van der Waals surface area contributed by atoms with Gasteiger partial charge in [-0.15, -0.1) is 0 Å². The van der Waals surface area contributed by atoms with E-state index in [1.54, 1.807) is 30.3 Å². The number of benzene rings is 2. The number of nitrogens with one attached hydrogen (secondary N) is 1. The first kappa shape index (κ1) is 19.1. The third kappa shape index (κ3) is 3.86. The van der Waals surface area contributed by atoms with E-state index >= 15 is 0 Å². The van der Waals surface area contributed by atoms with Crippen molar-refractivity contribution < 1.29 is 19.1 Å². The molecular formula is C19H16Cl2N2O4. The van der Waals surface area contributed by atoms with E-state index < -0.39 is 11.9 Å². The molecule has 1 N–H and O–H groups in total. The third-order valence-electron chi connectivity index (χ3n) is 3.83. The Bertz CT molecular complexity index is 943.